The summed E-state index contributed by atoms with van der Waals surface area (Å²) in [6, 6.07) is 3.18. The molecule has 2 heterocycles. The summed E-state index contributed by atoms with van der Waals surface area (Å²) in [6.07, 6.45) is 1.55. The smallest absolute Gasteiger partial charge is 0.243 e. The lowest BCUT2D eigenvalue weighted by atomic mass is 10.1. The van der Waals surface area contributed by atoms with E-state index in [0.717, 1.165) is 18.5 Å². The summed E-state index contributed by atoms with van der Waals surface area (Å²) in [5.41, 5.74) is 0.867. The fraction of sp³-hybridized carbons (Fsp3) is 0.571. The molecule has 1 saturated heterocycles. The van der Waals surface area contributed by atoms with Crippen LogP contribution < -0.4 is 10.1 Å². The monoisotopic (exact) mass is 330 g/mol. The number of nitrogens with one attached hydrogen (secondary N) is 1. The molecule has 2 aliphatic rings. The molecular formula is C14H19ClN2O3S. The number of rotatable bonds is 3. The number of benzene rings is 1. The molecule has 1 fully saturated rings. The van der Waals surface area contributed by atoms with E-state index in [1.54, 1.807) is 13.1 Å². The maximum Gasteiger partial charge on any atom is 0.243 e. The average Bonchev–Trinajstić information content (AvgIpc) is 3.06. The minimum absolute atomic E-state index is 0.00259. The third-order valence-corrected chi connectivity index (χ3v) is 6.31. The second-order valence-corrected chi connectivity index (χ2v) is 8.10. The van der Waals surface area contributed by atoms with Crippen LogP contribution >= 0.6 is 11.6 Å². The van der Waals surface area contributed by atoms with E-state index in [1.165, 1.54) is 10.4 Å². The fourth-order valence-corrected chi connectivity index (χ4v) is 4.73. The molecule has 2 aliphatic heterocycles. The highest BCUT2D eigenvalue weighted by atomic mass is 35.5. The number of ether oxygens (including phenoxy) is 1. The number of hydrogen-bond acceptors (Lipinski definition) is 4. The Morgan fingerprint density at radius 1 is 1.43 bits per heavy atom. The van der Waals surface area contributed by atoms with E-state index < -0.39 is 10.0 Å². The zero-order chi connectivity index (χ0) is 15.2. The van der Waals surface area contributed by atoms with Gasteiger partial charge in [0.05, 0.1) is 9.92 Å². The van der Waals surface area contributed by atoms with Gasteiger partial charge in [0.1, 0.15) is 11.9 Å². The Morgan fingerprint density at radius 2 is 2.19 bits per heavy atom. The van der Waals surface area contributed by atoms with Crippen LogP contribution in [-0.2, 0) is 16.4 Å². The molecule has 5 nitrogen and oxygen atoms in total. The second kappa shape index (κ2) is 5.43. The first-order chi connectivity index (χ1) is 9.89. The second-order valence-electron chi connectivity index (χ2n) is 5.69. The third-order valence-electron chi connectivity index (χ3n) is 4.15. The highest BCUT2D eigenvalue weighted by Gasteiger charge is 2.32. The number of sulfonamides is 1. The summed E-state index contributed by atoms with van der Waals surface area (Å²) < 4.78 is 32.6. The highest BCUT2D eigenvalue weighted by Crippen LogP contribution is 2.38. The lowest BCUT2D eigenvalue weighted by Crippen LogP contribution is -2.38. The Balaban J connectivity index is 1.96. The van der Waals surface area contributed by atoms with E-state index in [4.69, 9.17) is 16.3 Å². The molecule has 0 aromatic heterocycles. The van der Waals surface area contributed by atoms with Gasteiger partial charge in [-0.1, -0.05) is 11.6 Å². The summed E-state index contributed by atoms with van der Waals surface area (Å²) in [4.78, 5) is 0.248. The summed E-state index contributed by atoms with van der Waals surface area (Å²) in [5.74, 6) is 0.619. The molecule has 1 aromatic rings. The molecule has 1 aromatic carbocycles. The van der Waals surface area contributed by atoms with Gasteiger partial charge in [0.25, 0.3) is 0 Å². The summed E-state index contributed by atoms with van der Waals surface area (Å²) in [7, 11) is -1.90. The maximum atomic E-state index is 12.8. The minimum Gasteiger partial charge on any atom is -0.489 e. The highest BCUT2D eigenvalue weighted by molar-refractivity contribution is 7.89. The predicted molar refractivity (Wildman–Crippen MR) is 81.5 cm³/mol. The van der Waals surface area contributed by atoms with Gasteiger partial charge >= 0.3 is 0 Å². The number of halogens is 1. The molecule has 1 N–H and O–H groups in total. The van der Waals surface area contributed by atoms with Crippen molar-refractivity contribution in [2.24, 2.45) is 0 Å². The van der Waals surface area contributed by atoms with Crippen molar-refractivity contribution in [2.75, 3.05) is 20.1 Å². The Bertz CT molecular complexity index is 656. The molecule has 116 valence electrons. The molecule has 0 amide bonds. The normalized spacial score (nSPS) is 25.1. The first-order valence-electron chi connectivity index (χ1n) is 7.07. The first-order valence-corrected chi connectivity index (χ1v) is 8.89. The van der Waals surface area contributed by atoms with Crippen LogP contribution in [0.15, 0.2) is 17.0 Å². The van der Waals surface area contributed by atoms with Crippen LogP contribution in [0, 0.1) is 0 Å². The molecular weight excluding hydrogens is 312 g/mol. The van der Waals surface area contributed by atoms with Crippen molar-refractivity contribution in [1.82, 2.24) is 9.62 Å². The fourth-order valence-electron chi connectivity index (χ4n) is 2.92. The molecule has 0 aliphatic carbocycles. The molecule has 0 bridgehead atoms. The van der Waals surface area contributed by atoms with Crippen molar-refractivity contribution in [3.8, 4) is 5.75 Å². The van der Waals surface area contributed by atoms with E-state index in [0.29, 0.717) is 23.7 Å². The lowest BCUT2D eigenvalue weighted by molar-refractivity contribution is 0.255. The molecule has 0 radical (unpaired) electrons. The van der Waals surface area contributed by atoms with Crippen LogP contribution in [-0.4, -0.2) is 45.0 Å². The topological polar surface area (TPSA) is 58.6 Å². The molecule has 2 atom stereocenters. The SMILES string of the molecule is CC1Cc2cc(S(=O)(=O)N(C)C3CCNC3)cc(Cl)c2O1. The number of fused-ring (bicyclic) bond motifs is 1. The number of likely N-dealkylation sites (N-methyl/N-ethyl adjacent to an activating group) is 1. The van der Waals surface area contributed by atoms with Crippen molar-refractivity contribution in [3.63, 3.8) is 0 Å². The third kappa shape index (κ3) is 2.65. The van der Waals surface area contributed by atoms with Crippen LogP contribution in [0.4, 0.5) is 0 Å². The van der Waals surface area contributed by atoms with Crippen molar-refractivity contribution >= 4 is 21.6 Å². The summed E-state index contributed by atoms with van der Waals surface area (Å²) >= 11 is 6.19. The number of hydrogen-bond donors (Lipinski definition) is 1. The van der Waals surface area contributed by atoms with Gasteiger partial charge in [0, 0.05) is 31.6 Å². The largest absolute Gasteiger partial charge is 0.489 e. The summed E-state index contributed by atoms with van der Waals surface area (Å²) in [5, 5.41) is 3.55. The van der Waals surface area contributed by atoms with Gasteiger partial charge in [0.15, 0.2) is 0 Å². The molecule has 2 unspecified atom stereocenters. The Kier molecular flexibility index (Phi) is 3.90. The molecule has 21 heavy (non-hydrogen) atoms. The van der Waals surface area contributed by atoms with Crippen molar-refractivity contribution in [3.05, 3.63) is 22.7 Å². The van der Waals surface area contributed by atoms with Gasteiger partial charge < -0.3 is 10.1 Å². The van der Waals surface area contributed by atoms with E-state index in [-0.39, 0.29) is 17.0 Å². The quantitative estimate of drug-likeness (QED) is 0.915. The van der Waals surface area contributed by atoms with Crippen LogP contribution in [0.5, 0.6) is 5.75 Å². The zero-order valence-corrected chi connectivity index (χ0v) is 13.7. The van der Waals surface area contributed by atoms with Gasteiger partial charge in [-0.15, -0.1) is 0 Å². The summed E-state index contributed by atoms with van der Waals surface area (Å²) in [6.45, 7) is 3.48. The standard InChI is InChI=1S/C14H19ClN2O3S/c1-9-5-10-6-12(7-13(15)14(10)20-9)21(18,19)17(2)11-3-4-16-8-11/h6-7,9,11,16H,3-5,8H2,1-2H3. The van der Waals surface area contributed by atoms with Crippen LogP contribution in [0.25, 0.3) is 0 Å². The van der Waals surface area contributed by atoms with Gasteiger partial charge in [-0.3, -0.25) is 0 Å². The average molecular weight is 331 g/mol. The lowest BCUT2D eigenvalue weighted by Gasteiger charge is -2.23. The van der Waals surface area contributed by atoms with Crippen LogP contribution in [0.1, 0.15) is 18.9 Å². The van der Waals surface area contributed by atoms with Gasteiger partial charge in [0.2, 0.25) is 10.0 Å². The first kappa shape index (κ1) is 15.1. The van der Waals surface area contributed by atoms with Gasteiger partial charge in [-0.2, -0.15) is 4.31 Å². The van der Waals surface area contributed by atoms with Gasteiger partial charge in [-0.25, -0.2) is 8.42 Å². The molecule has 0 saturated carbocycles. The predicted octanol–water partition coefficient (Wildman–Crippen LogP) is 1.65. The van der Waals surface area contributed by atoms with Crippen molar-refractivity contribution < 1.29 is 13.2 Å². The van der Waals surface area contributed by atoms with Crippen LogP contribution in [0.2, 0.25) is 5.02 Å². The van der Waals surface area contributed by atoms with E-state index in [1.807, 2.05) is 6.92 Å². The minimum atomic E-state index is -3.53. The Morgan fingerprint density at radius 3 is 2.86 bits per heavy atom. The molecule has 7 heteroatoms. The van der Waals surface area contributed by atoms with E-state index >= 15 is 0 Å². The zero-order valence-electron chi connectivity index (χ0n) is 12.1. The maximum absolute atomic E-state index is 12.8. The van der Waals surface area contributed by atoms with E-state index in [9.17, 15) is 8.42 Å². The Hall–Kier alpha value is -0.820. The van der Waals surface area contributed by atoms with Gasteiger partial charge in [-0.05, 0) is 32.0 Å². The molecule has 3 rings (SSSR count). The van der Waals surface area contributed by atoms with Crippen molar-refractivity contribution in [2.45, 2.75) is 36.8 Å². The van der Waals surface area contributed by atoms with Crippen molar-refractivity contribution in [1.29, 1.82) is 0 Å². The van der Waals surface area contributed by atoms with E-state index in [2.05, 4.69) is 5.32 Å². The van der Waals surface area contributed by atoms with Crippen LogP contribution in [0.3, 0.4) is 0 Å². The Labute approximate surface area is 130 Å². The number of nitrogens with zero attached hydrogens (tertiary/aromatic N) is 1. The molecule has 0 spiro atoms.